The quantitative estimate of drug-likeness (QED) is 0.481. The fourth-order valence-corrected chi connectivity index (χ4v) is 3.72. The van der Waals surface area contributed by atoms with E-state index in [-0.39, 0.29) is 6.10 Å². The molecule has 0 atom stereocenters. The molecule has 2 aromatic carbocycles. The summed E-state index contributed by atoms with van der Waals surface area (Å²) in [5.41, 5.74) is 6.80. The molecule has 1 amide bonds. The van der Waals surface area contributed by atoms with Crippen LogP contribution in [0, 0.1) is 0 Å². The van der Waals surface area contributed by atoms with Crippen molar-refractivity contribution in [1.29, 1.82) is 0 Å². The average Bonchev–Trinajstić information content (AvgIpc) is 3.20. The number of primary amides is 1. The second-order valence-corrected chi connectivity index (χ2v) is 7.74. The molecule has 0 bridgehead atoms. The summed E-state index contributed by atoms with van der Waals surface area (Å²) < 4.78 is 24.8. The Labute approximate surface area is 187 Å². The molecule has 4 rings (SSSR count). The van der Waals surface area contributed by atoms with Gasteiger partial charge in [0.05, 0.1) is 30.0 Å². The van der Waals surface area contributed by atoms with Gasteiger partial charge in [-0.2, -0.15) is 5.10 Å². The molecule has 32 heavy (non-hydrogen) atoms. The van der Waals surface area contributed by atoms with Gasteiger partial charge in [0.1, 0.15) is 23.9 Å². The maximum absolute atomic E-state index is 12.0. The molecule has 170 valence electrons. The second kappa shape index (κ2) is 10.5. The first-order valence-electron chi connectivity index (χ1n) is 11.0. The van der Waals surface area contributed by atoms with E-state index in [9.17, 15) is 4.79 Å². The fourth-order valence-electron chi connectivity index (χ4n) is 3.72. The molecule has 1 saturated heterocycles. The van der Waals surface area contributed by atoms with Crippen LogP contribution in [-0.2, 0) is 16.0 Å². The van der Waals surface area contributed by atoms with Gasteiger partial charge in [0, 0.05) is 31.2 Å². The molecule has 8 nitrogen and oxygen atoms in total. The van der Waals surface area contributed by atoms with Crippen molar-refractivity contribution in [3.8, 4) is 17.2 Å². The van der Waals surface area contributed by atoms with Crippen LogP contribution >= 0.6 is 0 Å². The topological polar surface area (TPSA) is 97.8 Å². The van der Waals surface area contributed by atoms with Crippen molar-refractivity contribution in [3.05, 3.63) is 48.2 Å². The molecule has 2 N–H and O–H groups in total. The summed E-state index contributed by atoms with van der Waals surface area (Å²) in [6, 6.07) is 10.8. The van der Waals surface area contributed by atoms with Crippen LogP contribution in [0.3, 0.4) is 0 Å². The van der Waals surface area contributed by atoms with Gasteiger partial charge in [0.15, 0.2) is 0 Å². The predicted molar refractivity (Wildman–Crippen MR) is 120 cm³/mol. The summed E-state index contributed by atoms with van der Waals surface area (Å²) in [5.74, 6) is 1.16. The van der Waals surface area contributed by atoms with Gasteiger partial charge in [-0.1, -0.05) is 6.92 Å². The fraction of sp³-hybridized carbons (Fsp3) is 0.417. The van der Waals surface area contributed by atoms with Crippen molar-refractivity contribution >= 4 is 16.8 Å². The largest absolute Gasteiger partial charge is 0.491 e. The number of rotatable bonds is 10. The molecular formula is C24H29N3O5. The Morgan fingerprint density at radius 2 is 1.91 bits per heavy atom. The zero-order chi connectivity index (χ0) is 22.3. The number of nitrogens with zero attached hydrogens (tertiary/aromatic N) is 2. The third-order valence-electron chi connectivity index (χ3n) is 5.37. The van der Waals surface area contributed by atoms with Crippen molar-refractivity contribution in [2.24, 2.45) is 5.73 Å². The number of fused-ring (bicyclic) bond motifs is 1. The Balaban J connectivity index is 1.39. The second-order valence-electron chi connectivity index (χ2n) is 7.74. The van der Waals surface area contributed by atoms with Crippen LogP contribution in [0.15, 0.2) is 42.6 Å². The van der Waals surface area contributed by atoms with Gasteiger partial charge >= 0.3 is 0 Å². The lowest BCUT2D eigenvalue weighted by Crippen LogP contribution is -2.25. The molecule has 2 heterocycles. The number of hydrogen-bond donors (Lipinski definition) is 1. The number of ether oxygens (including phenoxy) is 4. The molecule has 3 aromatic rings. The van der Waals surface area contributed by atoms with E-state index >= 15 is 0 Å². The standard InChI is InChI=1S/C24H29N3O5/c1-2-9-27-22-15-23(21(24(25)28)14-17(22)16-26-27)32-20-5-3-18(4-6-20)30-12-13-31-19-7-10-29-11-8-19/h3-6,14-16,19H,2,7-13H2,1H3,(H2,25,28). The van der Waals surface area contributed by atoms with Gasteiger partial charge < -0.3 is 24.7 Å². The van der Waals surface area contributed by atoms with Crippen LogP contribution in [0.2, 0.25) is 0 Å². The molecular weight excluding hydrogens is 410 g/mol. The van der Waals surface area contributed by atoms with Gasteiger partial charge in [-0.05, 0) is 49.6 Å². The highest BCUT2D eigenvalue weighted by Crippen LogP contribution is 2.31. The molecule has 1 aliphatic rings. The van der Waals surface area contributed by atoms with Crippen LogP contribution in [0.25, 0.3) is 10.9 Å². The SMILES string of the molecule is CCCn1ncc2cc(C(N)=O)c(Oc3ccc(OCCOC4CCOCC4)cc3)cc21. The Bertz CT molecular complexity index is 1040. The monoisotopic (exact) mass is 439 g/mol. The van der Waals surface area contributed by atoms with Crippen molar-refractivity contribution in [1.82, 2.24) is 9.78 Å². The predicted octanol–water partition coefficient (Wildman–Crippen LogP) is 3.91. The van der Waals surface area contributed by atoms with E-state index in [1.165, 1.54) is 0 Å². The third-order valence-corrected chi connectivity index (χ3v) is 5.37. The maximum atomic E-state index is 12.0. The zero-order valence-electron chi connectivity index (χ0n) is 18.3. The molecule has 1 aromatic heterocycles. The summed E-state index contributed by atoms with van der Waals surface area (Å²) in [6.45, 7) is 5.40. The summed E-state index contributed by atoms with van der Waals surface area (Å²) >= 11 is 0. The van der Waals surface area contributed by atoms with Crippen LogP contribution in [0.4, 0.5) is 0 Å². The first kappa shape index (κ1) is 22.1. The minimum atomic E-state index is -0.547. The van der Waals surface area contributed by atoms with Crippen LogP contribution < -0.4 is 15.2 Å². The third kappa shape index (κ3) is 5.38. The van der Waals surface area contributed by atoms with E-state index in [1.54, 1.807) is 24.4 Å². The summed E-state index contributed by atoms with van der Waals surface area (Å²) in [7, 11) is 0. The van der Waals surface area contributed by atoms with Gasteiger partial charge in [-0.15, -0.1) is 0 Å². The van der Waals surface area contributed by atoms with E-state index in [2.05, 4.69) is 12.0 Å². The Hall–Kier alpha value is -3.10. The number of benzene rings is 2. The highest BCUT2D eigenvalue weighted by atomic mass is 16.5. The molecule has 1 aliphatic heterocycles. The Morgan fingerprint density at radius 3 is 2.62 bits per heavy atom. The van der Waals surface area contributed by atoms with Crippen LogP contribution in [0.5, 0.6) is 17.2 Å². The van der Waals surface area contributed by atoms with Gasteiger partial charge in [0.25, 0.3) is 5.91 Å². The zero-order valence-corrected chi connectivity index (χ0v) is 18.3. The number of aryl methyl sites for hydroxylation is 1. The molecule has 0 unspecified atom stereocenters. The van der Waals surface area contributed by atoms with Crippen molar-refractivity contribution in [2.75, 3.05) is 26.4 Å². The molecule has 0 aliphatic carbocycles. The molecule has 0 spiro atoms. The summed E-state index contributed by atoms with van der Waals surface area (Å²) in [5, 5.41) is 5.24. The minimum Gasteiger partial charge on any atom is -0.491 e. The lowest BCUT2D eigenvalue weighted by atomic mass is 10.1. The van der Waals surface area contributed by atoms with Crippen LogP contribution in [0.1, 0.15) is 36.5 Å². The normalized spacial score (nSPS) is 14.5. The van der Waals surface area contributed by atoms with E-state index in [1.807, 2.05) is 22.9 Å². The molecule has 8 heteroatoms. The summed E-state index contributed by atoms with van der Waals surface area (Å²) in [6.07, 6.45) is 4.81. The number of carbonyl (C=O) groups excluding carboxylic acids is 1. The lowest BCUT2D eigenvalue weighted by molar-refractivity contribution is -0.0388. The first-order chi connectivity index (χ1) is 15.6. The Morgan fingerprint density at radius 1 is 1.16 bits per heavy atom. The van der Waals surface area contributed by atoms with Crippen molar-refractivity contribution in [2.45, 2.75) is 38.8 Å². The highest BCUT2D eigenvalue weighted by molar-refractivity contribution is 6.00. The van der Waals surface area contributed by atoms with E-state index < -0.39 is 5.91 Å². The van der Waals surface area contributed by atoms with Crippen molar-refractivity contribution in [3.63, 3.8) is 0 Å². The molecule has 0 radical (unpaired) electrons. The number of nitrogens with two attached hydrogens (primary N) is 1. The number of carbonyl (C=O) groups is 1. The van der Waals surface area contributed by atoms with Crippen molar-refractivity contribution < 1.29 is 23.7 Å². The number of hydrogen-bond acceptors (Lipinski definition) is 6. The van der Waals surface area contributed by atoms with Crippen LogP contribution in [-0.4, -0.2) is 48.2 Å². The minimum absolute atomic E-state index is 0.258. The van der Waals surface area contributed by atoms with E-state index in [4.69, 9.17) is 24.7 Å². The highest BCUT2D eigenvalue weighted by Gasteiger charge is 2.16. The Kier molecular flexibility index (Phi) is 7.24. The number of aromatic nitrogens is 2. The van der Waals surface area contributed by atoms with Gasteiger partial charge in [-0.3, -0.25) is 9.48 Å². The number of amides is 1. The smallest absolute Gasteiger partial charge is 0.252 e. The summed E-state index contributed by atoms with van der Waals surface area (Å²) in [4.78, 5) is 12.0. The van der Waals surface area contributed by atoms with E-state index in [0.29, 0.717) is 30.3 Å². The maximum Gasteiger partial charge on any atom is 0.252 e. The molecule has 0 saturated carbocycles. The lowest BCUT2D eigenvalue weighted by Gasteiger charge is -2.22. The van der Waals surface area contributed by atoms with Gasteiger partial charge in [-0.25, -0.2) is 0 Å². The van der Waals surface area contributed by atoms with E-state index in [0.717, 1.165) is 55.7 Å². The average molecular weight is 440 g/mol. The van der Waals surface area contributed by atoms with Gasteiger partial charge in [0.2, 0.25) is 0 Å². The molecule has 1 fully saturated rings. The first-order valence-corrected chi connectivity index (χ1v) is 11.0.